The number of esters is 2. The van der Waals surface area contributed by atoms with Crippen molar-refractivity contribution in [2.45, 2.75) is 76.9 Å². The van der Waals surface area contributed by atoms with E-state index in [1.807, 2.05) is 0 Å². The SMILES string of the molecule is CC(C)(C)OC(=O)C1CCC(N)(O)C1(O)C(=O)OC(C)(C)C. The van der Waals surface area contributed by atoms with Gasteiger partial charge in [0.15, 0.2) is 5.72 Å². The van der Waals surface area contributed by atoms with Gasteiger partial charge in [0.2, 0.25) is 5.60 Å². The van der Waals surface area contributed by atoms with Gasteiger partial charge in [0.05, 0.1) is 0 Å². The van der Waals surface area contributed by atoms with Gasteiger partial charge in [0.25, 0.3) is 0 Å². The second-order valence-corrected chi connectivity index (χ2v) is 7.82. The monoisotopic (exact) mass is 317 g/mol. The number of nitrogens with two attached hydrogens (primary N) is 1. The second-order valence-electron chi connectivity index (χ2n) is 7.82. The third-order valence-corrected chi connectivity index (χ3v) is 3.38. The van der Waals surface area contributed by atoms with Gasteiger partial charge in [-0.1, -0.05) is 0 Å². The predicted octanol–water partition coefficient (Wildman–Crippen LogP) is 0.458. The van der Waals surface area contributed by atoms with Crippen LogP contribution in [-0.4, -0.2) is 44.7 Å². The summed E-state index contributed by atoms with van der Waals surface area (Å²) in [4.78, 5) is 24.6. The fourth-order valence-corrected chi connectivity index (χ4v) is 2.40. The fraction of sp³-hybridized carbons (Fsp3) is 0.867. The van der Waals surface area contributed by atoms with Crippen LogP contribution in [0.1, 0.15) is 54.4 Å². The highest BCUT2D eigenvalue weighted by Gasteiger charge is 2.66. The molecule has 1 aliphatic rings. The van der Waals surface area contributed by atoms with Crippen molar-refractivity contribution >= 4 is 11.9 Å². The Bertz CT molecular complexity index is 460. The highest BCUT2D eigenvalue weighted by atomic mass is 16.6. The molecule has 0 amide bonds. The van der Waals surface area contributed by atoms with Crippen molar-refractivity contribution < 1.29 is 29.3 Å². The Kier molecular flexibility index (Phi) is 4.69. The average molecular weight is 317 g/mol. The molecule has 0 bridgehead atoms. The van der Waals surface area contributed by atoms with Crippen molar-refractivity contribution in [2.24, 2.45) is 11.7 Å². The van der Waals surface area contributed by atoms with E-state index in [9.17, 15) is 19.8 Å². The van der Waals surface area contributed by atoms with Crippen molar-refractivity contribution in [1.82, 2.24) is 0 Å². The Morgan fingerprint density at radius 1 is 1.05 bits per heavy atom. The zero-order chi connectivity index (χ0) is 17.6. The number of rotatable bonds is 2. The van der Waals surface area contributed by atoms with E-state index in [1.54, 1.807) is 41.5 Å². The van der Waals surface area contributed by atoms with Crippen molar-refractivity contribution in [3.63, 3.8) is 0 Å². The zero-order valence-corrected chi connectivity index (χ0v) is 14.1. The van der Waals surface area contributed by atoms with Gasteiger partial charge >= 0.3 is 11.9 Å². The van der Waals surface area contributed by atoms with Gasteiger partial charge in [-0.25, -0.2) is 4.79 Å². The first-order chi connectivity index (χ1) is 9.60. The molecule has 0 heterocycles. The van der Waals surface area contributed by atoms with Crippen LogP contribution in [0, 0.1) is 5.92 Å². The molecular weight excluding hydrogens is 290 g/mol. The minimum absolute atomic E-state index is 0.0255. The largest absolute Gasteiger partial charge is 0.460 e. The Morgan fingerprint density at radius 2 is 1.50 bits per heavy atom. The smallest absolute Gasteiger partial charge is 0.344 e. The van der Waals surface area contributed by atoms with Crippen LogP contribution in [-0.2, 0) is 19.1 Å². The van der Waals surface area contributed by atoms with Crippen LogP contribution < -0.4 is 5.73 Å². The molecule has 0 aromatic rings. The molecule has 3 unspecified atom stereocenters. The van der Waals surface area contributed by atoms with Crippen LogP contribution in [0.3, 0.4) is 0 Å². The van der Waals surface area contributed by atoms with Gasteiger partial charge in [0, 0.05) is 0 Å². The highest BCUT2D eigenvalue weighted by Crippen LogP contribution is 2.43. The molecule has 7 heteroatoms. The molecule has 1 fully saturated rings. The van der Waals surface area contributed by atoms with Crippen LogP contribution in [0.25, 0.3) is 0 Å². The number of hydrogen-bond acceptors (Lipinski definition) is 7. The van der Waals surface area contributed by atoms with Gasteiger partial charge in [-0.05, 0) is 54.4 Å². The molecular formula is C15H27NO6. The van der Waals surface area contributed by atoms with E-state index in [4.69, 9.17) is 15.2 Å². The van der Waals surface area contributed by atoms with Gasteiger partial charge in [-0.15, -0.1) is 0 Å². The number of hydrogen-bond donors (Lipinski definition) is 3. The van der Waals surface area contributed by atoms with E-state index < -0.39 is 40.4 Å². The predicted molar refractivity (Wildman–Crippen MR) is 78.5 cm³/mol. The molecule has 1 saturated carbocycles. The molecule has 0 saturated heterocycles. The Morgan fingerprint density at radius 3 is 1.91 bits per heavy atom. The lowest BCUT2D eigenvalue weighted by Gasteiger charge is -2.38. The van der Waals surface area contributed by atoms with Crippen LogP contribution in [0.15, 0.2) is 0 Å². The van der Waals surface area contributed by atoms with Crippen molar-refractivity contribution in [3.05, 3.63) is 0 Å². The molecule has 22 heavy (non-hydrogen) atoms. The first-order valence-corrected chi connectivity index (χ1v) is 7.30. The Labute approximate surface area is 130 Å². The van der Waals surface area contributed by atoms with Crippen molar-refractivity contribution in [2.75, 3.05) is 0 Å². The van der Waals surface area contributed by atoms with E-state index in [0.717, 1.165) is 0 Å². The van der Waals surface area contributed by atoms with E-state index >= 15 is 0 Å². The Hall–Kier alpha value is -1.18. The molecule has 0 aromatic heterocycles. The zero-order valence-electron chi connectivity index (χ0n) is 14.1. The van der Waals surface area contributed by atoms with E-state index in [0.29, 0.717) is 0 Å². The molecule has 1 aliphatic carbocycles. The Balaban J connectivity index is 3.13. The summed E-state index contributed by atoms with van der Waals surface area (Å²) in [5.41, 5.74) is -0.816. The quantitative estimate of drug-likeness (QED) is 0.500. The molecule has 0 aromatic carbocycles. The van der Waals surface area contributed by atoms with Gasteiger partial charge in [0.1, 0.15) is 17.1 Å². The second kappa shape index (κ2) is 5.47. The summed E-state index contributed by atoms with van der Waals surface area (Å²) in [6, 6.07) is 0. The van der Waals surface area contributed by atoms with Gasteiger partial charge in [-0.3, -0.25) is 4.79 Å². The van der Waals surface area contributed by atoms with Crippen LogP contribution in [0.2, 0.25) is 0 Å². The standard InChI is InChI=1S/C15H27NO6/c1-12(2,3)21-10(17)9-7-8-14(16,19)15(9,20)11(18)22-13(4,5)6/h9,19-20H,7-8,16H2,1-6H3. The van der Waals surface area contributed by atoms with E-state index in [2.05, 4.69) is 0 Å². The van der Waals surface area contributed by atoms with E-state index in [1.165, 1.54) is 0 Å². The van der Waals surface area contributed by atoms with Crippen molar-refractivity contribution in [1.29, 1.82) is 0 Å². The number of ether oxygens (including phenoxy) is 2. The van der Waals surface area contributed by atoms with Crippen molar-refractivity contribution in [3.8, 4) is 0 Å². The van der Waals surface area contributed by atoms with Gasteiger partial charge in [-0.2, -0.15) is 0 Å². The lowest BCUT2D eigenvalue weighted by Crippen LogP contribution is -2.66. The first kappa shape index (κ1) is 18.9. The molecule has 128 valence electrons. The molecule has 7 nitrogen and oxygen atoms in total. The maximum absolute atomic E-state index is 12.4. The number of carbonyl (C=O) groups excluding carboxylic acids is 2. The van der Waals surface area contributed by atoms with Crippen LogP contribution in [0.4, 0.5) is 0 Å². The molecule has 0 radical (unpaired) electrons. The molecule has 0 aliphatic heterocycles. The summed E-state index contributed by atoms with van der Waals surface area (Å²) in [7, 11) is 0. The van der Waals surface area contributed by atoms with E-state index in [-0.39, 0.29) is 12.8 Å². The average Bonchev–Trinajstić information content (AvgIpc) is 2.46. The number of carbonyl (C=O) groups is 2. The summed E-state index contributed by atoms with van der Waals surface area (Å²) in [6.45, 7) is 9.84. The normalized spacial score (nSPS) is 32.7. The summed E-state index contributed by atoms with van der Waals surface area (Å²) < 4.78 is 10.4. The molecule has 3 atom stereocenters. The molecule has 4 N–H and O–H groups in total. The summed E-state index contributed by atoms with van der Waals surface area (Å²) in [5.74, 6) is -3.20. The first-order valence-electron chi connectivity index (χ1n) is 7.30. The summed E-state index contributed by atoms with van der Waals surface area (Å²) in [5, 5.41) is 20.9. The minimum Gasteiger partial charge on any atom is -0.460 e. The minimum atomic E-state index is -2.54. The third-order valence-electron chi connectivity index (χ3n) is 3.38. The fourth-order valence-electron chi connectivity index (χ4n) is 2.40. The highest BCUT2D eigenvalue weighted by molar-refractivity contribution is 5.90. The van der Waals surface area contributed by atoms with Crippen LogP contribution >= 0.6 is 0 Å². The summed E-state index contributed by atoms with van der Waals surface area (Å²) in [6.07, 6.45) is -0.0929. The number of aliphatic hydroxyl groups is 2. The maximum Gasteiger partial charge on any atom is 0.344 e. The topological polar surface area (TPSA) is 119 Å². The third kappa shape index (κ3) is 3.77. The van der Waals surface area contributed by atoms with Gasteiger partial charge < -0.3 is 25.4 Å². The molecule has 1 rings (SSSR count). The molecule has 0 spiro atoms. The maximum atomic E-state index is 12.4. The van der Waals surface area contributed by atoms with Crippen LogP contribution in [0.5, 0.6) is 0 Å². The lowest BCUT2D eigenvalue weighted by molar-refractivity contribution is -0.214. The summed E-state index contributed by atoms with van der Waals surface area (Å²) >= 11 is 0. The lowest BCUT2D eigenvalue weighted by atomic mass is 9.85.